The van der Waals surface area contributed by atoms with Crippen molar-refractivity contribution in [1.29, 1.82) is 0 Å². The first-order valence-electron chi connectivity index (χ1n) is 8.13. The van der Waals surface area contributed by atoms with Gasteiger partial charge in [-0.15, -0.1) is 0 Å². The molecule has 0 aromatic heterocycles. The number of rotatable bonds is 6. The van der Waals surface area contributed by atoms with E-state index in [4.69, 9.17) is 4.74 Å². The number of nitrogens with zero attached hydrogens (tertiary/aromatic N) is 2. The summed E-state index contributed by atoms with van der Waals surface area (Å²) in [5, 5.41) is 0. The van der Waals surface area contributed by atoms with Crippen LogP contribution in [0.3, 0.4) is 0 Å². The Morgan fingerprint density at radius 1 is 1.30 bits per heavy atom. The van der Waals surface area contributed by atoms with Crippen LogP contribution >= 0.6 is 0 Å². The van der Waals surface area contributed by atoms with E-state index in [0.717, 1.165) is 6.42 Å². The quantitative estimate of drug-likeness (QED) is 0.796. The molecule has 1 saturated heterocycles. The van der Waals surface area contributed by atoms with Crippen LogP contribution in [-0.2, 0) is 10.0 Å². The van der Waals surface area contributed by atoms with Gasteiger partial charge in [0.2, 0.25) is 10.0 Å². The number of ether oxygens (including phenoxy) is 1. The first-order valence-corrected chi connectivity index (χ1v) is 9.57. The van der Waals surface area contributed by atoms with E-state index in [1.807, 2.05) is 14.1 Å². The van der Waals surface area contributed by atoms with Crippen molar-refractivity contribution in [3.05, 3.63) is 30.7 Å². The minimum Gasteiger partial charge on any atom is -0.493 e. The summed E-state index contributed by atoms with van der Waals surface area (Å²) in [6.07, 6.45) is 3.32. The predicted molar refractivity (Wildman–Crippen MR) is 90.0 cm³/mol. The second-order valence-electron chi connectivity index (χ2n) is 6.79. The van der Waals surface area contributed by atoms with E-state index < -0.39 is 10.0 Å². The lowest BCUT2D eigenvalue weighted by Crippen LogP contribution is -2.34. The van der Waals surface area contributed by atoms with Gasteiger partial charge in [0.05, 0.1) is 11.5 Å². The van der Waals surface area contributed by atoms with Crippen LogP contribution in [0.4, 0.5) is 0 Å². The molecule has 0 spiro atoms. The summed E-state index contributed by atoms with van der Waals surface area (Å²) in [5.41, 5.74) is 0.506. The highest BCUT2D eigenvalue weighted by Gasteiger charge is 2.34. The molecule has 1 aromatic rings. The van der Waals surface area contributed by atoms with E-state index in [2.05, 4.69) is 11.8 Å². The van der Waals surface area contributed by atoms with Crippen molar-refractivity contribution >= 4 is 10.0 Å². The fraction of sp³-hybridized carbons (Fsp3) is 0.588. The van der Waals surface area contributed by atoms with Gasteiger partial charge in [-0.2, -0.15) is 4.31 Å². The maximum absolute atomic E-state index is 12.8. The number of likely N-dealkylation sites (N-methyl/N-ethyl adjacent to an activating group) is 1. The predicted octanol–water partition coefficient (Wildman–Crippen LogP) is 1.98. The molecule has 1 aromatic carbocycles. The van der Waals surface area contributed by atoms with Gasteiger partial charge in [0.15, 0.2) is 0 Å². The van der Waals surface area contributed by atoms with E-state index in [-0.39, 0.29) is 10.9 Å². The van der Waals surface area contributed by atoms with E-state index in [1.54, 1.807) is 22.5 Å². The largest absolute Gasteiger partial charge is 0.493 e. The van der Waals surface area contributed by atoms with Crippen LogP contribution in [0.5, 0.6) is 5.75 Å². The third-order valence-electron chi connectivity index (χ3n) is 4.69. The summed E-state index contributed by atoms with van der Waals surface area (Å²) in [6.45, 7) is 5.73. The smallest absolute Gasteiger partial charge is 0.243 e. The van der Waals surface area contributed by atoms with Crippen LogP contribution in [0.2, 0.25) is 0 Å². The van der Waals surface area contributed by atoms with E-state index in [1.165, 1.54) is 12.8 Å². The van der Waals surface area contributed by atoms with Gasteiger partial charge in [0, 0.05) is 19.1 Å². The summed E-state index contributed by atoms with van der Waals surface area (Å²) in [6, 6.07) is 5.38. The zero-order valence-electron chi connectivity index (χ0n) is 13.9. The Morgan fingerprint density at radius 2 is 2.04 bits per heavy atom. The lowest BCUT2D eigenvalue weighted by molar-refractivity contribution is 0.299. The molecular weight excluding hydrogens is 312 g/mol. The third-order valence-corrected chi connectivity index (χ3v) is 6.65. The topological polar surface area (TPSA) is 49.9 Å². The molecule has 1 aliphatic heterocycles. The lowest BCUT2D eigenvalue weighted by Gasteiger charge is -2.21. The fourth-order valence-electron chi connectivity index (χ4n) is 2.89. The van der Waals surface area contributed by atoms with Crippen LogP contribution in [0, 0.1) is 12.8 Å². The van der Waals surface area contributed by atoms with Crippen molar-refractivity contribution in [2.45, 2.75) is 30.2 Å². The molecule has 2 aliphatic rings. The summed E-state index contributed by atoms with van der Waals surface area (Å²) in [7, 11) is 0.489. The Balaban J connectivity index is 1.74. The minimum atomic E-state index is -3.48. The lowest BCUT2D eigenvalue weighted by atomic mass is 10.2. The van der Waals surface area contributed by atoms with Gasteiger partial charge in [0.1, 0.15) is 5.75 Å². The Kier molecular flexibility index (Phi) is 4.67. The molecular formula is C17H25N2O3S. The second kappa shape index (κ2) is 6.42. The summed E-state index contributed by atoms with van der Waals surface area (Å²) < 4.78 is 32.9. The first-order chi connectivity index (χ1) is 10.9. The molecule has 6 heteroatoms. The molecule has 0 amide bonds. The Morgan fingerprint density at radius 3 is 2.61 bits per heavy atom. The van der Waals surface area contributed by atoms with Gasteiger partial charge >= 0.3 is 0 Å². The Hall–Kier alpha value is -1.11. The molecule has 1 unspecified atom stereocenters. The van der Waals surface area contributed by atoms with Crippen molar-refractivity contribution in [2.75, 3.05) is 33.8 Å². The SMILES string of the molecule is [CH2]c1cc(OCC2CC2)ccc1S(=O)(=O)N1CCC(N(C)C)C1. The molecule has 0 bridgehead atoms. The zero-order valence-corrected chi connectivity index (χ0v) is 14.7. The van der Waals surface area contributed by atoms with Gasteiger partial charge in [-0.05, 0) is 70.0 Å². The second-order valence-corrected chi connectivity index (χ2v) is 8.70. The molecule has 1 aliphatic carbocycles. The van der Waals surface area contributed by atoms with Crippen molar-refractivity contribution in [3.8, 4) is 5.75 Å². The van der Waals surface area contributed by atoms with Gasteiger partial charge in [-0.25, -0.2) is 8.42 Å². The highest BCUT2D eigenvalue weighted by Crippen LogP contribution is 2.31. The highest BCUT2D eigenvalue weighted by molar-refractivity contribution is 7.89. The van der Waals surface area contributed by atoms with E-state index in [9.17, 15) is 8.42 Å². The third kappa shape index (κ3) is 3.70. The number of sulfonamides is 1. The van der Waals surface area contributed by atoms with Crippen LogP contribution in [0.1, 0.15) is 24.8 Å². The van der Waals surface area contributed by atoms with Crippen LogP contribution in [-0.4, -0.2) is 57.5 Å². The molecule has 3 rings (SSSR count). The average Bonchev–Trinajstić information content (AvgIpc) is 3.17. The van der Waals surface area contributed by atoms with Gasteiger partial charge in [0.25, 0.3) is 0 Å². The minimum absolute atomic E-state index is 0.277. The summed E-state index contributed by atoms with van der Waals surface area (Å²) >= 11 is 0. The standard InChI is InChI=1S/C17H25N2O3S/c1-13-10-16(22-12-14-4-5-14)6-7-17(13)23(20,21)19-9-8-15(11-19)18(2)3/h6-7,10,14-15H,1,4-5,8-9,11-12H2,2-3H3. The van der Waals surface area contributed by atoms with Crippen molar-refractivity contribution in [3.63, 3.8) is 0 Å². The number of hydrogen-bond donors (Lipinski definition) is 0. The molecule has 1 atom stereocenters. The monoisotopic (exact) mass is 337 g/mol. The summed E-state index contributed by atoms with van der Waals surface area (Å²) in [4.78, 5) is 2.37. The Labute approximate surface area is 139 Å². The average molecular weight is 337 g/mol. The summed E-state index contributed by atoms with van der Waals surface area (Å²) in [5.74, 6) is 1.37. The van der Waals surface area contributed by atoms with Crippen molar-refractivity contribution in [1.82, 2.24) is 9.21 Å². The first kappa shape index (κ1) is 16.7. The molecule has 2 fully saturated rings. The maximum Gasteiger partial charge on any atom is 0.243 e. The fourth-order valence-corrected chi connectivity index (χ4v) is 4.51. The molecule has 1 saturated carbocycles. The molecule has 127 valence electrons. The molecule has 5 nitrogen and oxygen atoms in total. The highest BCUT2D eigenvalue weighted by atomic mass is 32.2. The normalized spacial score (nSPS) is 22.7. The number of hydrogen-bond acceptors (Lipinski definition) is 4. The van der Waals surface area contributed by atoms with Gasteiger partial charge < -0.3 is 9.64 Å². The zero-order chi connectivity index (χ0) is 16.6. The molecule has 1 heterocycles. The van der Waals surface area contributed by atoms with Crippen molar-refractivity contribution in [2.24, 2.45) is 5.92 Å². The van der Waals surface area contributed by atoms with Crippen LogP contribution in [0.15, 0.2) is 23.1 Å². The maximum atomic E-state index is 12.8. The van der Waals surface area contributed by atoms with Crippen LogP contribution < -0.4 is 4.74 Å². The van der Waals surface area contributed by atoms with E-state index >= 15 is 0 Å². The van der Waals surface area contributed by atoms with E-state index in [0.29, 0.717) is 36.9 Å². The Bertz CT molecular complexity index is 668. The van der Waals surface area contributed by atoms with Gasteiger partial charge in [-0.3, -0.25) is 0 Å². The van der Waals surface area contributed by atoms with Crippen molar-refractivity contribution < 1.29 is 13.2 Å². The molecule has 1 radical (unpaired) electrons. The van der Waals surface area contributed by atoms with Gasteiger partial charge in [-0.1, -0.05) is 0 Å². The number of benzene rings is 1. The molecule has 0 N–H and O–H groups in total. The van der Waals surface area contributed by atoms with Crippen LogP contribution in [0.25, 0.3) is 0 Å². The molecule has 23 heavy (non-hydrogen) atoms.